The van der Waals surface area contributed by atoms with Crippen molar-refractivity contribution in [3.05, 3.63) is 35.9 Å². The molecule has 0 amide bonds. The van der Waals surface area contributed by atoms with Gasteiger partial charge in [0.1, 0.15) is 0 Å². The molecule has 0 aromatic heterocycles. The van der Waals surface area contributed by atoms with Crippen LogP contribution in [0.1, 0.15) is 5.56 Å². The minimum Gasteiger partial charge on any atom is -0.330 e. The molecule has 0 fully saturated rings. The summed E-state index contributed by atoms with van der Waals surface area (Å²) in [5, 5.41) is 0. The maximum absolute atomic E-state index is 5.37. The highest BCUT2D eigenvalue weighted by molar-refractivity contribution is 8.93. The maximum Gasteiger partial charge on any atom is 0.0185 e. The Labute approximate surface area is 88.5 Å². The molecule has 0 radical (unpaired) electrons. The fraction of sp³-hybridized carbons (Fsp3) is 0.333. The van der Waals surface area contributed by atoms with Crippen LogP contribution in [-0.4, -0.2) is 12.3 Å². The highest BCUT2D eigenvalue weighted by atomic mass is 79.9. The SMILES string of the molecule is Br.NCCSCc1ccccc1. The van der Waals surface area contributed by atoms with Gasteiger partial charge in [-0.2, -0.15) is 11.8 Å². The summed E-state index contributed by atoms with van der Waals surface area (Å²) < 4.78 is 0. The molecule has 68 valence electrons. The average molecular weight is 248 g/mol. The number of nitrogens with two attached hydrogens (primary N) is 1. The Hall–Kier alpha value is 0.0100. The lowest BCUT2D eigenvalue weighted by Gasteiger charge is -1.98. The molecule has 0 aliphatic heterocycles. The molecule has 1 rings (SSSR count). The lowest BCUT2D eigenvalue weighted by molar-refractivity contribution is 1.15. The van der Waals surface area contributed by atoms with Gasteiger partial charge in [-0.15, -0.1) is 17.0 Å². The van der Waals surface area contributed by atoms with Gasteiger partial charge in [0.25, 0.3) is 0 Å². The van der Waals surface area contributed by atoms with Gasteiger partial charge in [-0.05, 0) is 5.56 Å². The molecule has 1 nitrogen and oxygen atoms in total. The number of hydrogen-bond acceptors (Lipinski definition) is 2. The van der Waals surface area contributed by atoms with E-state index < -0.39 is 0 Å². The van der Waals surface area contributed by atoms with E-state index in [4.69, 9.17) is 5.73 Å². The molecule has 0 bridgehead atoms. The van der Waals surface area contributed by atoms with Crippen molar-refractivity contribution in [3.8, 4) is 0 Å². The molecular weight excluding hydrogens is 234 g/mol. The predicted octanol–water partition coefficient (Wildman–Crippen LogP) is 2.46. The summed E-state index contributed by atoms with van der Waals surface area (Å²) in [5.74, 6) is 2.13. The van der Waals surface area contributed by atoms with E-state index in [9.17, 15) is 0 Å². The van der Waals surface area contributed by atoms with Crippen molar-refractivity contribution >= 4 is 28.7 Å². The molecule has 12 heavy (non-hydrogen) atoms. The second-order valence-corrected chi connectivity index (χ2v) is 3.43. The maximum atomic E-state index is 5.37. The highest BCUT2D eigenvalue weighted by Gasteiger charge is 1.89. The zero-order valence-electron chi connectivity index (χ0n) is 6.90. The second kappa shape index (κ2) is 7.65. The molecule has 0 atom stereocenters. The standard InChI is InChI=1S/C9H13NS.BrH/c10-6-7-11-8-9-4-2-1-3-5-9;/h1-5H,6-8,10H2;1H. The Bertz CT molecular complexity index is 191. The van der Waals surface area contributed by atoms with Crippen molar-refractivity contribution in [2.75, 3.05) is 12.3 Å². The van der Waals surface area contributed by atoms with Gasteiger partial charge < -0.3 is 5.73 Å². The molecule has 0 saturated carbocycles. The Kier molecular flexibility index (Phi) is 7.65. The van der Waals surface area contributed by atoms with E-state index in [0.717, 1.165) is 18.1 Å². The molecule has 0 heterocycles. The van der Waals surface area contributed by atoms with E-state index in [2.05, 4.69) is 24.3 Å². The number of hydrogen-bond donors (Lipinski definition) is 1. The minimum absolute atomic E-state index is 0. The summed E-state index contributed by atoms with van der Waals surface area (Å²) in [7, 11) is 0. The lowest BCUT2D eigenvalue weighted by Crippen LogP contribution is -2.01. The van der Waals surface area contributed by atoms with Crippen LogP contribution < -0.4 is 5.73 Å². The van der Waals surface area contributed by atoms with E-state index >= 15 is 0 Å². The van der Waals surface area contributed by atoms with E-state index in [1.807, 2.05) is 17.8 Å². The third kappa shape index (κ3) is 4.80. The lowest BCUT2D eigenvalue weighted by atomic mass is 10.2. The van der Waals surface area contributed by atoms with Crippen LogP contribution >= 0.6 is 28.7 Å². The van der Waals surface area contributed by atoms with Gasteiger partial charge in [0.15, 0.2) is 0 Å². The second-order valence-electron chi connectivity index (χ2n) is 2.33. The number of halogens is 1. The summed E-state index contributed by atoms with van der Waals surface area (Å²) >= 11 is 1.88. The topological polar surface area (TPSA) is 26.0 Å². The van der Waals surface area contributed by atoms with Crippen LogP contribution in [0.3, 0.4) is 0 Å². The van der Waals surface area contributed by atoms with Crippen molar-refractivity contribution in [2.45, 2.75) is 5.75 Å². The van der Waals surface area contributed by atoms with Crippen LogP contribution in [-0.2, 0) is 5.75 Å². The smallest absolute Gasteiger partial charge is 0.0185 e. The number of rotatable bonds is 4. The van der Waals surface area contributed by atoms with Crippen LogP contribution in [0.5, 0.6) is 0 Å². The summed E-state index contributed by atoms with van der Waals surface area (Å²) in [6, 6.07) is 10.5. The molecular formula is C9H14BrNS. The first-order valence-electron chi connectivity index (χ1n) is 3.75. The van der Waals surface area contributed by atoms with Crippen molar-refractivity contribution in [1.29, 1.82) is 0 Å². The van der Waals surface area contributed by atoms with E-state index in [1.165, 1.54) is 5.56 Å². The predicted molar refractivity (Wildman–Crippen MR) is 62.0 cm³/mol. The number of benzene rings is 1. The summed E-state index contributed by atoms with van der Waals surface area (Å²) in [6.07, 6.45) is 0. The quantitative estimate of drug-likeness (QED) is 0.828. The average Bonchev–Trinajstić information content (AvgIpc) is 2.07. The molecule has 0 saturated heterocycles. The third-order valence-corrected chi connectivity index (χ3v) is 2.44. The third-order valence-electron chi connectivity index (χ3n) is 1.37. The first-order chi connectivity index (χ1) is 5.43. The van der Waals surface area contributed by atoms with Crippen LogP contribution in [0.2, 0.25) is 0 Å². The van der Waals surface area contributed by atoms with Gasteiger partial charge in [0.05, 0.1) is 0 Å². The Morgan fingerprint density at radius 3 is 2.42 bits per heavy atom. The molecule has 3 heteroatoms. The van der Waals surface area contributed by atoms with Gasteiger partial charge in [0.2, 0.25) is 0 Å². The van der Waals surface area contributed by atoms with Gasteiger partial charge in [-0.3, -0.25) is 0 Å². The summed E-state index contributed by atoms with van der Waals surface area (Å²) in [6.45, 7) is 0.775. The zero-order valence-corrected chi connectivity index (χ0v) is 9.43. The molecule has 1 aromatic rings. The van der Waals surface area contributed by atoms with Crippen LogP contribution in [0.25, 0.3) is 0 Å². The van der Waals surface area contributed by atoms with Crippen molar-refractivity contribution in [3.63, 3.8) is 0 Å². The normalized spacial score (nSPS) is 9.08. The molecule has 0 aliphatic rings. The van der Waals surface area contributed by atoms with Gasteiger partial charge in [-0.1, -0.05) is 30.3 Å². The molecule has 0 unspecified atom stereocenters. The highest BCUT2D eigenvalue weighted by Crippen LogP contribution is 2.09. The largest absolute Gasteiger partial charge is 0.330 e. The zero-order chi connectivity index (χ0) is 7.94. The van der Waals surface area contributed by atoms with Gasteiger partial charge in [-0.25, -0.2) is 0 Å². The fourth-order valence-electron chi connectivity index (χ4n) is 0.848. The molecule has 0 spiro atoms. The minimum atomic E-state index is 0. The molecule has 1 aromatic carbocycles. The number of thioether (sulfide) groups is 1. The van der Waals surface area contributed by atoms with Crippen LogP contribution in [0.15, 0.2) is 30.3 Å². The Balaban J connectivity index is 0.00000121. The molecule has 0 aliphatic carbocycles. The fourth-order valence-corrected chi connectivity index (χ4v) is 1.59. The molecule has 2 N–H and O–H groups in total. The van der Waals surface area contributed by atoms with Crippen molar-refractivity contribution < 1.29 is 0 Å². The van der Waals surface area contributed by atoms with Gasteiger partial charge in [0, 0.05) is 18.1 Å². The Morgan fingerprint density at radius 1 is 1.17 bits per heavy atom. The first-order valence-corrected chi connectivity index (χ1v) is 4.90. The van der Waals surface area contributed by atoms with Crippen LogP contribution in [0.4, 0.5) is 0 Å². The first kappa shape index (κ1) is 12.0. The van der Waals surface area contributed by atoms with E-state index in [1.54, 1.807) is 0 Å². The summed E-state index contributed by atoms with van der Waals surface area (Å²) in [5.41, 5.74) is 6.75. The Morgan fingerprint density at radius 2 is 1.83 bits per heavy atom. The van der Waals surface area contributed by atoms with E-state index in [-0.39, 0.29) is 17.0 Å². The van der Waals surface area contributed by atoms with Crippen LogP contribution in [0, 0.1) is 0 Å². The van der Waals surface area contributed by atoms with Crippen molar-refractivity contribution in [1.82, 2.24) is 0 Å². The van der Waals surface area contributed by atoms with E-state index in [0.29, 0.717) is 0 Å². The monoisotopic (exact) mass is 247 g/mol. The summed E-state index contributed by atoms with van der Waals surface area (Å²) in [4.78, 5) is 0. The van der Waals surface area contributed by atoms with Crippen molar-refractivity contribution in [2.24, 2.45) is 5.73 Å². The van der Waals surface area contributed by atoms with Gasteiger partial charge >= 0.3 is 0 Å².